The van der Waals surface area contributed by atoms with Gasteiger partial charge in [0.15, 0.2) is 0 Å². The van der Waals surface area contributed by atoms with Gasteiger partial charge in [-0.1, -0.05) is 13.8 Å². The Kier molecular flexibility index (Phi) is 4.63. The maximum Gasteiger partial charge on any atom is 0.121 e. The number of hydrogen-bond acceptors (Lipinski definition) is 4. The number of hydrogen-bond donors (Lipinski definition) is 3. The number of aliphatic hydroxyl groups is 1. The van der Waals surface area contributed by atoms with Gasteiger partial charge in [-0.25, -0.2) is 0 Å². The molecule has 0 saturated carbocycles. The van der Waals surface area contributed by atoms with Crippen LogP contribution in [0.2, 0.25) is 0 Å². The highest BCUT2D eigenvalue weighted by Crippen LogP contribution is 2.29. The lowest BCUT2D eigenvalue weighted by Gasteiger charge is -2.32. The predicted octanol–water partition coefficient (Wildman–Crippen LogP) is 2.24. The second-order valence-electron chi connectivity index (χ2n) is 4.22. The molecule has 0 saturated heterocycles. The maximum absolute atomic E-state index is 9.50. The molecule has 0 atom stereocenters. The molecule has 0 fully saturated rings. The van der Waals surface area contributed by atoms with Gasteiger partial charge in [-0.3, -0.25) is 0 Å². The molecular formula is C13H22N2O2. The monoisotopic (exact) mass is 238 g/mol. The molecule has 1 aromatic rings. The van der Waals surface area contributed by atoms with Crippen molar-refractivity contribution in [3.05, 3.63) is 18.2 Å². The largest absolute Gasteiger partial charge is 0.497 e. The predicted molar refractivity (Wildman–Crippen MR) is 71.4 cm³/mol. The molecule has 0 aliphatic heterocycles. The number of nitrogen functional groups attached to an aromatic ring is 1. The highest BCUT2D eigenvalue weighted by molar-refractivity contribution is 5.69. The Morgan fingerprint density at radius 3 is 2.41 bits per heavy atom. The standard InChI is InChI=1S/C13H22N2O2/c1-4-13(5-2,9-16)15-12-7-6-10(17-3)8-11(12)14/h6-8,15-16H,4-5,9,14H2,1-3H3. The van der Waals surface area contributed by atoms with Crippen molar-refractivity contribution < 1.29 is 9.84 Å². The van der Waals surface area contributed by atoms with Gasteiger partial charge in [-0.2, -0.15) is 0 Å². The van der Waals surface area contributed by atoms with Crippen molar-refractivity contribution in [3.63, 3.8) is 0 Å². The van der Waals surface area contributed by atoms with E-state index in [9.17, 15) is 5.11 Å². The molecule has 0 aromatic heterocycles. The van der Waals surface area contributed by atoms with Crippen LogP contribution in [-0.2, 0) is 0 Å². The van der Waals surface area contributed by atoms with E-state index in [1.54, 1.807) is 13.2 Å². The molecule has 96 valence electrons. The van der Waals surface area contributed by atoms with Crippen molar-refractivity contribution in [2.45, 2.75) is 32.2 Å². The van der Waals surface area contributed by atoms with Crippen LogP contribution in [0.15, 0.2) is 18.2 Å². The number of aliphatic hydroxyl groups excluding tert-OH is 1. The van der Waals surface area contributed by atoms with Gasteiger partial charge in [0.1, 0.15) is 5.75 Å². The lowest BCUT2D eigenvalue weighted by Crippen LogP contribution is -2.41. The molecule has 1 aromatic carbocycles. The Balaban J connectivity index is 2.94. The molecule has 1 rings (SSSR count). The van der Waals surface area contributed by atoms with Gasteiger partial charge in [-0.05, 0) is 25.0 Å². The Hall–Kier alpha value is -1.42. The summed E-state index contributed by atoms with van der Waals surface area (Å²) in [6, 6.07) is 5.51. The van der Waals surface area contributed by atoms with Gasteiger partial charge in [0.2, 0.25) is 0 Å². The number of benzene rings is 1. The van der Waals surface area contributed by atoms with E-state index in [2.05, 4.69) is 5.32 Å². The smallest absolute Gasteiger partial charge is 0.121 e. The molecular weight excluding hydrogens is 216 g/mol. The minimum Gasteiger partial charge on any atom is -0.497 e. The first-order valence-corrected chi connectivity index (χ1v) is 5.93. The Labute approximate surface area is 103 Å². The molecule has 4 nitrogen and oxygen atoms in total. The van der Waals surface area contributed by atoms with E-state index >= 15 is 0 Å². The first-order valence-electron chi connectivity index (χ1n) is 5.93. The highest BCUT2D eigenvalue weighted by Gasteiger charge is 2.25. The fraction of sp³-hybridized carbons (Fsp3) is 0.538. The number of nitrogens with two attached hydrogens (primary N) is 1. The van der Waals surface area contributed by atoms with Crippen LogP contribution >= 0.6 is 0 Å². The summed E-state index contributed by atoms with van der Waals surface area (Å²) < 4.78 is 5.10. The lowest BCUT2D eigenvalue weighted by molar-refractivity contribution is 0.202. The van der Waals surface area contributed by atoms with E-state index in [4.69, 9.17) is 10.5 Å². The zero-order chi connectivity index (χ0) is 12.9. The molecule has 0 bridgehead atoms. The fourth-order valence-corrected chi connectivity index (χ4v) is 1.76. The van der Waals surface area contributed by atoms with Crippen molar-refractivity contribution in [1.82, 2.24) is 0 Å². The Morgan fingerprint density at radius 2 is 2.00 bits per heavy atom. The van der Waals surface area contributed by atoms with Gasteiger partial charge in [-0.15, -0.1) is 0 Å². The van der Waals surface area contributed by atoms with Crippen LogP contribution in [0, 0.1) is 0 Å². The summed E-state index contributed by atoms with van der Waals surface area (Å²) in [6.45, 7) is 4.18. The van der Waals surface area contributed by atoms with E-state index in [1.165, 1.54) is 0 Å². The van der Waals surface area contributed by atoms with Crippen molar-refractivity contribution in [1.29, 1.82) is 0 Å². The second-order valence-corrected chi connectivity index (χ2v) is 4.22. The third-order valence-electron chi connectivity index (χ3n) is 3.31. The Bertz CT molecular complexity index is 354. The van der Waals surface area contributed by atoms with E-state index in [-0.39, 0.29) is 12.1 Å². The van der Waals surface area contributed by atoms with Gasteiger partial charge in [0.05, 0.1) is 30.6 Å². The van der Waals surface area contributed by atoms with Crippen LogP contribution in [0.1, 0.15) is 26.7 Å². The fourth-order valence-electron chi connectivity index (χ4n) is 1.76. The minimum atomic E-state index is -0.303. The highest BCUT2D eigenvalue weighted by atomic mass is 16.5. The number of rotatable bonds is 6. The first-order chi connectivity index (χ1) is 8.10. The SMILES string of the molecule is CCC(CC)(CO)Nc1ccc(OC)cc1N. The van der Waals surface area contributed by atoms with Crippen LogP contribution in [-0.4, -0.2) is 24.4 Å². The van der Waals surface area contributed by atoms with Gasteiger partial charge < -0.3 is 20.9 Å². The summed E-state index contributed by atoms with van der Waals surface area (Å²) in [6.07, 6.45) is 1.68. The summed E-state index contributed by atoms with van der Waals surface area (Å²) in [5.74, 6) is 0.732. The number of ether oxygens (including phenoxy) is 1. The Morgan fingerprint density at radius 1 is 1.35 bits per heavy atom. The van der Waals surface area contributed by atoms with Crippen molar-refractivity contribution in [3.8, 4) is 5.75 Å². The zero-order valence-electron chi connectivity index (χ0n) is 10.8. The molecule has 0 spiro atoms. The number of anilines is 2. The quantitative estimate of drug-likeness (QED) is 0.665. The van der Waals surface area contributed by atoms with Crippen LogP contribution in [0.5, 0.6) is 5.75 Å². The van der Waals surface area contributed by atoms with E-state index in [0.29, 0.717) is 5.69 Å². The molecule has 0 radical (unpaired) electrons. The zero-order valence-corrected chi connectivity index (χ0v) is 10.8. The molecule has 17 heavy (non-hydrogen) atoms. The normalized spacial score (nSPS) is 11.3. The van der Waals surface area contributed by atoms with Crippen LogP contribution < -0.4 is 15.8 Å². The molecule has 4 heteroatoms. The summed E-state index contributed by atoms with van der Waals surface area (Å²) in [4.78, 5) is 0. The van der Waals surface area contributed by atoms with E-state index < -0.39 is 0 Å². The lowest BCUT2D eigenvalue weighted by atomic mass is 9.93. The first kappa shape index (κ1) is 13.6. The van der Waals surface area contributed by atoms with Gasteiger partial charge in [0, 0.05) is 6.07 Å². The summed E-state index contributed by atoms with van der Waals surface area (Å²) in [7, 11) is 1.61. The van der Waals surface area contributed by atoms with Crippen LogP contribution in [0.25, 0.3) is 0 Å². The summed E-state index contributed by atoms with van der Waals surface area (Å²) in [5, 5.41) is 12.8. The molecule has 0 unspecified atom stereocenters. The number of nitrogens with one attached hydrogen (secondary N) is 1. The van der Waals surface area contributed by atoms with Crippen molar-refractivity contribution in [2.75, 3.05) is 24.8 Å². The molecule has 0 amide bonds. The molecule has 0 aliphatic rings. The van der Waals surface area contributed by atoms with E-state index in [0.717, 1.165) is 24.3 Å². The molecule has 0 heterocycles. The second kappa shape index (κ2) is 5.77. The maximum atomic E-state index is 9.50. The van der Waals surface area contributed by atoms with Crippen LogP contribution in [0.4, 0.5) is 11.4 Å². The third-order valence-corrected chi connectivity index (χ3v) is 3.31. The average molecular weight is 238 g/mol. The average Bonchev–Trinajstić information content (AvgIpc) is 2.38. The summed E-state index contributed by atoms with van der Waals surface area (Å²) in [5.41, 5.74) is 7.11. The topological polar surface area (TPSA) is 67.5 Å². The third kappa shape index (κ3) is 3.03. The molecule has 0 aliphatic carbocycles. The number of methoxy groups -OCH3 is 1. The van der Waals surface area contributed by atoms with Crippen molar-refractivity contribution in [2.24, 2.45) is 0 Å². The van der Waals surface area contributed by atoms with Gasteiger partial charge in [0.25, 0.3) is 0 Å². The summed E-state index contributed by atoms with van der Waals surface area (Å²) >= 11 is 0. The van der Waals surface area contributed by atoms with Crippen LogP contribution in [0.3, 0.4) is 0 Å². The van der Waals surface area contributed by atoms with Crippen molar-refractivity contribution >= 4 is 11.4 Å². The van der Waals surface area contributed by atoms with Gasteiger partial charge >= 0.3 is 0 Å². The minimum absolute atomic E-state index is 0.0888. The molecule has 4 N–H and O–H groups in total. The van der Waals surface area contributed by atoms with E-state index in [1.807, 2.05) is 26.0 Å².